The highest BCUT2D eigenvalue weighted by Crippen LogP contribution is 2.22. The van der Waals surface area contributed by atoms with E-state index >= 15 is 0 Å². The van der Waals surface area contributed by atoms with Crippen molar-refractivity contribution < 1.29 is 0 Å². The molecular formula is C13H22N6S2. The van der Waals surface area contributed by atoms with Crippen molar-refractivity contribution >= 4 is 35.0 Å². The number of thiophene rings is 1. The van der Waals surface area contributed by atoms with E-state index in [0.717, 1.165) is 30.5 Å². The van der Waals surface area contributed by atoms with E-state index < -0.39 is 0 Å². The van der Waals surface area contributed by atoms with Gasteiger partial charge in [0.2, 0.25) is 11.9 Å². The quantitative estimate of drug-likeness (QED) is 0.722. The zero-order valence-corrected chi connectivity index (χ0v) is 14.3. The second-order valence-corrected chi connectivity index (χ2v) is 7.36. The Morgan fingerprint density at radius 2 is 2.14 bits per heavy atom. The first kappa shape index (κ1) is 16.1. The van der Waals surface area contributed by atoms with E-state index in [0.29, 0.717) is 5.95 Å². The molecule has 0 radical (unpaired) electrons. The molecule has 0 fully saturated rings. The molecule has 0 aliphatic heterocycles. The van der Waals surface area contributed by atoms with Crippen LogP contribution in [0.5, 0.6) is 0 Å². The summed E-state index contributed by atoms with van der Waals surface area (Å²) in [6.07, 6.45) is 0. The number of hydrogen-bond donors (Lipinski definition) is 2. The summed E-state index contributed by atoms with van der Waals surface area (Å²) >= 11 is 3.81. The lowest BCUT2D eigenvalue weighted by Crippen LogP contribution is -2.09. The third-order valence-electron chi connectivity index (χ3n) is 2.74. The van der Waals surface area contributed by atoms with E-state index in [1.54, 1.807) is 4.68 Å². The van der Waals surface area contributed by atoms with Crippen LogP contribution in [0.2, 0.25) is 0 Å². The fourth-order valence-corrected chi connectivity index (χ4v) is 3.97. The molecule has 116 valence electrons. The van der Waals surface area contributed by atoms with Crippen molar-refractivity contribution in [2.75, 3.05) is 37.4 Å². The summed E-state index contributed by atoms with van der Waals surface area (Å²) in [5, 5.41) is 7.23. The van der Waals surface area contributed by atoms with Crippen molar-refractivity contribution in [3.63, 3.8) is 0 Å². The minimum atomic E-state index is 0.305. The Bertz CT molecular complexity index is 563. The van der Waals surface area contributed by atoms with Crippen LogP contribution in [0.4, 0.5) is 11.9 Å². The number of thioether (sulfide) groups is 1. The van der Waals surface area contributed by atoms with Gasteiger partial charge in [0, 0.05) is 41.4 Å². The maximum absolute atomic E-state index is 5.53. The second-order valence-electron chi connectivity index (χ2n) is 5.00. The SMILES string of the molecule is CN(C)Cc1ccc(CSCCNc2nc(N)nn2C)s1. The van der Waals surface area contributed by atoms with E-state index in [4.69, 9.17) is 5.73 Å². The number of aromatic nitrogens is 3. The lowest BCUT2D eigenvalue weighted by molar-refractivity contribution is 0.406. The molecule has 0 aromatic carbocycles. The van der Waals surface area contributed by atoms with E-state index in [1.807, 2.05) is 30.1 Å². The average Bonchev–Trinajstić information content (AvgIpc) is 2.95. The predicted octanol–water partition coefficient (Wildman–Crippen LogP) is 1.87. The summed E-state index contributed by atoms with van der Waals surface area (Å²) in [5.74, 6) is 3.10. The monoisotopic (exact) mass is 326 g/mol. The molecule has 0 atom stereocenters. The molecule has 0 bridgehead atoms. The average molecular weight is 326 g/mol. The molecule has 0 unspecified atom stereocenters. The standard InChI is InChI=1S/C13H22N6S2/c1-18(2)8-10-4-5-11(21-10)9-20-7-6-15-13-16-12(14)17-19(13)3/h4-5H,6-9H2,1-3H3,(H3,14,15,16,17). The molecule has 2 rings (SSSR count). The Labute approximate surface area is 133 Å². The molecule has 0 saturated carbocycles. The first-order valence-corrected chi connectivity index (χ1v) is 8.72. The van der Waals surface area contributed by atoms with Crippen LogP contribution in [-0.2, 0) is 19.3 Å². The van der Waals surface area contributed by atoms with Crippen LogP contribution in [0, 0.1) is 0 Å². The highest BCUT2D eigenvalue weighted by atomic mass is 32.2. The van der Waals surface area contributed by atoms with Gasteiger partial charge < -0.3 is 16.0 Å². The van der Waals surface area contributed by atoms with Gasteiger partial charge in [-0.3, -0.25) is 0 Å². The van der Waals surface area contributed by atoms with Crippen LogP contribution in [0.1, 0.15) is 9.75 Å². The van der Waals surface area contributed by atoms with Crippen molar-refractivity contribution in [3.05, 3.63) is 21.9 Å². The van der Waals surface area contributed by atoms with Crippen LogP contribution >= 0.6 is 23.1 Å². The maximum Gasteiger partial charge on any atom is 0.241 e. The molecule has 8 heteroatoms. The zero-order chi connectivity index (χ0) is 15.2. The van der Waals surface area contributed by atoms with E-state index in [-0.39, 0.29) is 0 Å². The molecule has 0 aliphatic rings. The molecule has 0 aliphatic carbocycles. The van der Waals surface area contributed by atoms with Crippen molar-refractivity contribution in [2.24, 2.45) is 7.05 Å². The van der Waals surface area contributed by atoms with Crippen LogP contribution in [-0.4, -0.2) is 46.1 Å². The molecule has 21 heavy (non-hydrogen) atoms. The minimum absolute atomic E-state index is 0.305. The molecular weight excluding hydrogens is 304 g/mol. The second kappa shape index (κ2) is 7.67. The normalized spacial score (nSPS) is 11.2. The number of anilines is 2. The van der Waals surface area contributed by atoms with E-state index in [2.05, 4.69) is 46.5 Å². The van der Waals surface area contributed by atoms with Crippen molar-refractivity contribution in [2.45, 2.75) is 12.3 Å². The summed E-state index contributed by atoms with van der Waals surface area (Å²) in [6.45, 7) is 1.87. The van der Waals surface area contributed by atoms with Gasteiger partial charge in [-0.25, -0.2) is 4.68 Å². The Balaban J connectivity index is 1.65. The Morgan fingerprint density at radius 3 is 2.81 bits per heavy atom. The number of nitrogens with one attached hydrogen (secondary N) is 1. The Morgan fingerprint density at radius 1 is 1.38 bits per heavy atom. The van der Waals surface area contributed by atoms with E-state index in [1.165, 1.54) is 9.75 Å². The van der Waals surface area contributed by atoms with Gasteiger partial charge in [0.25, 0.3) is 0 Å². The Hall–Kier alpha value is -1.25. The maximum atomic E-state index is 5.53. The first-order chi connectivity index (χ1) is 10.0. The predicted molar refractivity (Wildman–Crippen MR) is 91.8 cm³/mol. The summed E-state index contributed by atoms with van der Waals surface area (Å²) in [5.41, 5.74) is 5.53. The van der Waals surface area contributed by atoms with Gasteiger partial charge in [0.15, 0.2) is 0 Å². The summed E-state index contributed by atoms with van der Waals surface area (Å²) in [6, 6.07) is 4.45. The summed E-state index contributed by atoms with van der Waals surface area (Å²) < 4.78 is 1.66. The number of nitrogens with zero attached hydrogens (tertiary/aromatic N) is 4. The van der Waals surface area contributed by atoms with Gasteiger partial charge in [-0.2, -0.15) is 16.7 Å². The highest BCUT2D eigenvalue weighted by molar-refractivity contribution is 7.98. The number of aryl methyl sites for hydroxylation is 1. The highest BCUT2D eigenvalue weighted by Gasteiger charge is 2.04. The van der Waals surface area contributed by atoms with Crippen molar-refractivity contribution in [1.29, 1.82) is 0 Å². The molecule has 2 heterocycles. The van der Waals surface area contributed by atoms with Gasteiger partial charge in [-0.15, -0.1) is 16.4 Å². The smallest absolute Gasteiger partial charge is 0.241 e. The zero-order valence-electron chi connectivity index (χ0n) is 12.7. The molecule has 2 aromatic heterocycles. The molecule has 0 spiro atoms. The van der Waals surface area contributed by atoms with E-state index in [9.17, 15) is 0 Å². The largest absolute Gasteiger partial charge is 0.366 e. The fourth-order valence-electron chi connectivity index (χ4n) is 1.86. The number of nitrogen functional groups attached to an aromatic ring is 1. The molecule has 2 aromatic rings. The molecule has 6 nitrogen and oxygen atoms in total. The summed E-state index contributed by atoms with van der Waals surface area (Å²) in [7, 11) is 6.02. The topological polar surface area (TPSA) is 72.0 Å². The Kier molecular flexibility index (Phi) is 5.89. The third kappa shape index (κ3) is 5.22. The summed E-state index contributed by atoms with van der Waals surface area (Å²) in [4.78, 5) is 9.15. The third-order valence-corrected chi connectivity index (χ3v) is 5.00. The van der Waals surface area contributed by atoms with Crippen molar-refractivity contribution in [1.82, 2.24) is 19.7 Å². The van der Waals surface area contributed by atoms with Crippen molar-refractivity contribution in [3.8, 4) is 0 Å². The fraction of sp³-hybridized carbons (Fsp3) is 0.538. The molecule has 0 amide bonds. The lowest BCUT2D eigenvalue weighted by atomic mass is 10.4. The van der Waals surface area contributed by atoms with Crippen LogP contribution < -0.4 is 11.1 Å². The van der Waals surface area contributed by atoms with Gasteiger partial charge in [-0.1, -0.05) is 0 Å². The van der Waals surface area contributed by atoms with Crippen LogP contribution in [0.3, 0.4) is 0 Å². The van der Waals surface area contributed by atoms with Gasteiger partial charge >= 0.3 is 0 Å². The lowest BCUT2D eigenvalue weighted by Gasteiger charge is -2.06. The van der Waals surface area contributed by atoms with Gasteiger partial charge in [-0.05, 0) is 26.2 Å². The van der Waals surface area contributed by atoms with Crippen LogP contribution in [0.15, 0.2) is 12.1 Å². The number of nitrogens with two attached hydrogens (primary N) is 1. The minimum Gasteiger partial charge on any atom is -0.366 e. The first-order valence-electron chi connectivity index (χ1n) is 6.75. The number of hydrogen-bond acceptors (Lipinski definition) is 7. The van der Waals surface area contributed by atoms with Crippen LogP contribution in [0.25, 0.3) is 0 Å². The number of rotatable bonds is 8. The molecule has 3 N–H and O–H groups in total. The van der Waals surface area contributed by atoms with Gasteiger partial charge in [0.1, 0.15) is 0 Å². The molecule has 0 saturated heterocycles. The van der Waals surface area contributed by atoms with Gasteiger partial charge in [0.05, 0.1) is 0 Å².